The zero-order valence-corrected chi connectivity index (χ0v) is 22.4. The van der Waals surface area contributed by atoms with Crippen molar-refractivity contribution in [2.24, 2.45) is 0 Å². The van der Waals surface area contributed by atoms with Gasteiger partial charge in [-0.3, -0.25) is 9.52 Å². The lowest BCUT2D eigenvalue weighted by molar-refractivity contribution is 0.0956. The van der Waals surface area contributed by atoms with Gasteiger partial charge in [0.05, 0.1) is 5.02 Å². The second-order valence-electron chi connectivity index (χ2n) is 7.64. The molecule has 3 aromatic carbocycles. The molecule has 0 saturated carbocycles. The Bertz CT molecular complexity index is 1270. The number of sulfonamides is 1. The fraction of sp³-hybridized carbons (Fsp3) is 0.208. The molecule has 0 heterocycles. The normalized spacial score (nSPS) is 11.3. The van der Waals surface area contributed by atoms with E-state index in [9.17, 15) is 13.2 Å². The minimum atomic E-state index is -3.99. The average molecular weight is 558 g/mol. The van der Waals surface area contributed by atoms with Crippen LogP contribution in [-0.2, 0) is 15.8 Å². The molecule has 1 amide bonds. The molecule has 5 nitrogen and oxygen atoms in total. The van der Waals surface area contributed by atoms with Gasteiger partial charge < -0.3 is 5.32 Å². The first-order valence-electron chi connectivity index (χ1n) is 10.3. The summed E-state index contributed by atoms with van der Waals surface area (Å²) in [4.78, 5) is 12.4. The Hall–Kier alpha value is -1.90. The van der Waals surface area contributed by atoms with E-state index in [4.69, 9.17) is 34.8 Å². The third-order valence-corrected chi connectivity index (χ3v) is 8.35. The van der Waals surface area contributed by atoms with Gasteiger partial charge in [-0.25, -0.2) is 8.42 Å². The van der Waals surface area contributed by atoms with Crippen molar-refractivity contribution in [1.29, 1.82) is 0 Å². The van der Waals surface area contributed by atoms with Gasteiger partial charge in [0.1, 0.15) is 4.90 Å². The predicted molar refractivity (Wildman–Crippen MR) is 143 cm³/mol. The number of hydrogen-bond acceptors (Lipinski definition) is 4. The van der Waals surface area contributed by atoms with E-state index in [2.05, 4.69) is 10.0 Å². The van der Waals surface area contributed by atoms with E-state index in [1.165, 1.54) is 18.2 Å². The highest BCUT2D eigenvalue weighted by atomic mass is 35.5. The van der Waals surface area contributed by atoms with Crippen LogP contribution < -0.4 is 10.0 Å². The number of anilines is 1. The zero-order valence-electron chi connectivity index (χ0n) is 18.5. The zero-order chi connectivity index (χ0) is 24.9. The molecule has 10 heteroatoms. The monoisotopic (exact) mass is 556 g/mol. The van der Waals surface area contributed by atoms with Gasteiger partial charge in [-0.05, 0) is 73.0 Å². The number of carbonyl (C=O) groups is 1. The summed E-state index contributed by atoms with van der Waals surface area (Å²) in [6.07, 6.45) is 0. The Labute approximate surface area is 219 Å². The van der Waals surface area contributed by atoms with E-state index in [1.807, 2.05) is 19.9 Å². The van der Waals surface area contributed by atoms with Crippen molar-refractivity contribution < 1.29 is 13.2 Å². The van der Waals surface area contributed by atoms with Crippen LogP contribution in [0, 0.1) is 13.8 Å². The van der Waals surface area contributed by atoms with E-state index >= 15 is 0 Å². The molecule has 3 rings (SSSR count). The molecular weight excluding hydrogens is 535 g/mol. The van der Waals surface area contributed by atoms with Gasteiger partial charge in [-0.2, -0.15) is 11.8 Å². The lowest BCUT2D eigenvalue weighted by Gasteiger charge is -2.12. The van der Waals surface area contributed by atoms with E-state index < -0.39 is 15.9 Å². The molecule has 0 aliphatic heterocycles. The van der Waals surface area contributed by atoms with Crippen molar-refractivity contribution in [1.82, 2.24) is 5.32 Å². The molecule has 0 saturated heterocycles. The minimum Gasteiger partial charge on any atom is -0.351 e. The van der Waals surface area contributed by atoms with Crippen LogP contribution >= 0.6 is 46.6 Å². The summed E-state index contributed by atoms with van der Waals surface area (Å²) in [5.41, 5.74) is 3.33. The van der Waals surface area contributed by atoms with Gasteiger partial charge in [0.25, 0.3) is 15.9 Å². The summed E-state index contributed by atoms with van der Waals surface area (Å²) < 4.78 is 28.5. The molecule has 0 atom stereocenters. The molecule has 2 N–H and O–H groups in total. The van der Waals surface area contributed by atoms with E-state index in [-0.39, 0.29) is 15.5 Å². The Morgan fingerprint density at radius 2 is 1.56 bits per heavy atom. The van der Waals surface area contributed by atoms with Crippen molar-refractivity contribution in [2.75, 3.05) is 17.0 Å². The molecule has 0 fully saturated rings. The van der Waals surface area contributed by atoms with Crippen molar-refractivity contribution in [3.8, 4) is 0 Å². The second kappa shape index (κ2) is 11.7. The molecule has 34 heavy (non-hydrogen) atoms. The van der Waals surface area contributed by atoms with Crippen molar-refractivity contribution in [3.63, 3.8) is 0 Å². The number of hydrogen-bond donors (Lipinski definition) is 2. The first-order valence-corrected chi connectivity index (χ1v) is 14.0. The Balaban J connectivity index is 1.62. The third-order valence-electron chi connectivity index (χ3n) is 4.80. The molecule has 3 aromatic rings. The SMILES string of the molecule is Cc1cc(C)cc(NS(=O)(=O)c2cc(C(=O)NCCSCc3c(Cl)cccc3Cl)ccc2Cl)c1. The minimum absolute atomic E-state index is 0.0283. The molecule has 0 spiro atoms. The van der Waals surface area contributed by atoms with Crippen LogP contribution in [0.25, 0.3) is 0 Å². The van der Waals surface area contributed by atoms with Crippen LogP contribution in [0.4, 0.5) is 5.69 Å². The highest BCUT2D eigenvalue weighted by molar-refractivity contribution is 7.98. The highest BCUT2D eigenvalue weighted by Gasteiger charge is 2.21. The van der Waals surface area contributed by atoms with Crippen LogP contribution in [0.1, 0.15) is 27.0 Å². The molecular formula is C24H23Cl3N2O3S2. The summed E-state index contributed by atoms with van der Waals surface area (Å²) in [6.45, 7) is 4.14. The number of thioether (sulfide) groups is 1. The van der Waals surface area contributed by atoms with Crippen LogP contribution in [0.3, 0.4) is 0 Å². The van der Waals surface area contributed by atoms with Gasteiger partial charge in [0.2, 0.25) is 0 Å². The van der Waals surface area contributed by atoms with Crippen molar-refractivity contribution in [3.05, 3.63) is 91.9 Å². The number of amides is 1. The number of halogens is 3. The van der Waals surface area contributed by atoms with Crippen LogP contribution in [0.5, 0.6) is 0 Å². The number of benzene rings is 3. The van der Waals surface area contributed by atoms with Crippen LogP contribution in [-0.4, -0.2) is 26.6 Å². The fourth-order valence-electron chi connectivity index (χ4n) is 3.28. The van der Waals surface area contributed by atoms with E-state index in [0.29, 0.717) is 33.8 Å². The largest absolute Gasteiger partial charge is 0.351 e. The number of aryl methyl sites for hydroxylation is 2. The number of nitrogens with one attached hydrogen (secondary N) is 2. The quantitative estimate of drug-likeness (QED) is 0.286. The van der Waals surface area contributed by atoms with Gasteiger partial charge in [0, 0.05) is 39.3 Å². The Morgan fingerprint density at radius 1 is 0.912 bits per heavy atom. The maximum Gasteiger partial charge on any atom is 0.263 e. The molecule has 0 aromatic heterocycles. The Morgan fingerprint density at radius 3 is 2.21 bits per heavy atom. The molecule has 0 aliphatic carbocycles. The van der Waals surface area contributed by atoms with E-state index in [0.717, 1.165) is 16.7 Å². The first kappa shape index (κ1) is 26.7. The van der Waals surface area contributed by atoms with Crippen molar-refractivity contribution >= 4 is 68.2 Å². The van der Waals surface area contributed by atoms with Crippen LogP contribution in [0.15, 0.2) is 59.5 Å². The van der Waals surface area contributed by atoms with Gasteiger partial charge in [-0.1, -0.05) is 46.9 Å². The summed E-state index contributed by atoms with van der Waals surface area (Å²) in [5, 5.41) is 4.03. The van der Waals surface area contributed by atoms with E-state index in [1.54, 1.807) is 42.1 Å². The number of carbonyl (C=O) groups excluding carboxylic acids is 1. The first-order chi connectivity index (χ1) is 16.1. The lowest BCUT2D eigenvalue weighted by Crippen LogP contribution is -2.26. The van der Waals surface area contributed by atoms with Crippen LogP contribution in [0.2, 0.25) is 15.1 Å². The van der Waals surface area contributed by atoms with Gasteiger partial charge >= 0.3 is 0 Å². The summed E-state index contributed by atoms with van der Waals surface area (Å²) in [7, 11) is -3.99. The van der Waals surface area contributed by atoms with Gasteiger partial charge in [-0.15, -0.1) is 0 Å². The summed E-state index contributed by atoms with van der Waals surface area (Å²) in [5.74, 6) is 0.846. The highest BCUT2D eigenvalue weighted by Crippen LogP contribution is 2.28. The average Bonchev–Trinajstić information content (AvgIpc) is 2.74. The van der Waals surface area contributed by atoms with Crippen molar-refractivity contribution in [2.45, 2.75) is 24.5 Å². The third kappa shape index (κ3) is 7.06. The fourth-order valence-corrected chi connectivity index (χ4v) is 6.44. The number of rotatable bonds is 9. The molecule has 0 aliphatic rings. The maximum atomic E-state index is 13.0. The Kier molecular flexibility index (Phi) is 9.18. The molecule has 180 valence electrons. The standard InChI is InChI=1S/C24H23Cl3N2O3S2/c1-15-10-16(2)12-18(11-15)29-34(31,32)23-13-17(6-7-22(23)27)24(30)28-8-9-33-14-19-20(25)4-3-5-21(19)26/h3-7,10-13,29H,8-9,14H2,1-2H3,(H,28,30). The topological polar surface area (TPSA) is 75.3 Å². The second-order valence-corrected chi connectivity index (χ2v) is 11.6. The van der Waals surface area contributed by atoms with Gasteiger partial charge in [0.15, 0.2) is 0 Å². The summed E-state index contributed by atoms with van der Waals surface area (Å²) >= 11 is 20.1. The maximum absolute atomic E-state index is 13.0. The lowest BCUT2D eigenvalue weighted by atomic mass is 10.1. The molecule has 0 bridgehead atoms. The summed E-state index contributed by atoms with van der Waals surface area (Å²) in [6, 6.07) is 14.9. The molecule has 0 unspecified atom stereocenters. The smallest absolute Gasteiger partial charge is 0.263 e. The molecule has 0 radical (unpaired) electrons. The predicted octanol–water partition coefficient (Wildman–Crippen LogP) is 6.73.